The normalized spacial score (nSPS) is 23.8. The molecule has 1 aromatic rings. The first kappa shape index (κ1) is 14.5. The SMILES string of the molecule is CNC1CCC(N(C)CCc2ccccc2C)CC1. The highest BCUT2D eigenvalue weighted by atomic mass is 15.1. The van der Waals surface area contributed by atoms with Gasteiger partial charge in [-0.2, -0.15) is 0 Å². The molecule has 0 heterocycles. The van der Waals surface area contributed by atoms with Crippen molar-refractivity contribution in [3.8, 4) is 0 Å². The standard InChI is InChI=1S/C17H28N2/c1-14-6-4-5-7-15(14)12-13-19(3)17-10-8-16(18-2)9-11-17/h4-7,16-18H,8-13H2,1-3H3. The van der Waals surface area contributed by atoms with Crippen LogP contribution in [0.15, 0.2) is 24.3 Å². The van der Waals surface area contributed by atoms with Crippen LogP contribution in [0.25, 0.3) is 0 Å². The van der Waals surface area contributed by atoms with Crippen LogP contribution in [0, 0.1) is 6.92 Å². The summed E-state index contributed by atoms with van der Waals surface area (Å²) in [6.45, 7) is 3.40. The minimum atomic E-state index is 0.751. The first-order valence-electron chi connectivity index (χ1n) is 7.62. The lowest BCUT2D eigenvalue weighted by Gasteiger charge is -2.34. The molecule has 0 unspecified atom stereocenters. The molecule has 1 aromatic carbocycles. The third-order valence-electron chi connectivity index (χ3n) is 4.72. The lowest BCUT2D eigenvalue weighted by atomic mass is 9.90. The van der Waals surface area contributed by atoms with E-state index in [0.29, 0.717) is 0 Å². The van der Waals surface area contributed by atoms with Crippen molar-refractivity contribution in [3.05, 3.63) is 35.4 Å². The fourth-order valence-corrected chi connectivity index (χ4v) is 3.18. The number of likely N-dealkylation sites (N-methyl/N-ethyl adjacent to an activating group) is 1. The van der Waals surface area contributed by atoms with Crippen LogP contribution >= 0.6 is 0 Å². The van der Waals surface area contributed by atoms with Gasteiger partial charge in [-0.15, -0.1) is 0 Å². The molecule has 0 amide bonds. The maximum absolute atomic E-state index is 3.41. The van der Waals surface area contributed by atoms with Gasteiger partial charge >= 0.3 is 0 Å². The molecular formula is C17H28N2. The van der Waals surface area contributed by atoms with E-state index in [0.717, 1.165) is 12.1 Å². The molecule has 106 valence electrons. The highest BCUT2D eigenvalue weighted by Gasteiger charge is 2.22. The van der Waals surface area contributed by atoms with E-state index in [-0.39, 0.29) is 0 Å². The van der Waals surface area contributed by atoms with Gasteiger partial charge in [0.1, 0.15) is 0 Å². The van der Waals surface area contributed by atoms with Crippen molar-refractivity contribution in [1.82, 2.24) is 10.2 Å². The van der Waals surface area contributed by atoms with Crippen LogP contribution in [-0.4, -0.2) is 37.6 Å². The fraction of sp³-hybridized carbons (Fsp3) is 0.647. The van der Waals surface area contributed by atoms with Gasteiger partial charge in [-0.1, -0.05) is 24.3 Å². The van der Waals surface area contributed by atoms with Crippen LogP contribution < -0.4 is 5.32 Å². The van der Waals surface area contributed by atoms with E-state index in [2.05, 4.69) is 55.5 Å². The summed E-state index contributed by atoms with van der Waals surface area (Å²) in [6, 6.07) is 10.3. The Kier molecular flexibility index (Phi) is 5.41. The second-order valence-electron chi connectivity index (χ2n) is 5.95. The quantitative estimate of drug-likeness (QED) is 0.875. The summed E-state index contributed by atoms with van der Waals surface area (Å²) >= 11 is 0. The zero-order chi connectivity index (χ0) is 13.7. The Morgan fingerprint density at radius 3 is 2.47 bits per heavy atom. The van der Waals surface area contributed by atoms with Gasteiger partial charge in [0.25, 0.3) is 0 Å². The molecule has 1 aliphatic carbocycles. The number of benzene rings is 1. The summed E-state index contributed by atoms with van der Waals surface area (Å²) in [4.78, 5) is 2.57. The Bertz CT molecular complexity index is 381. The molecular weight excluding hydrogens is 232 g/mol. The summed E-state index contributed by atoms with van der Waals surface area (Å²) in [5.41, 5.74) is 2.92. The largest absolute Gasteiger partial charge is 0.317 e. The van der Waals surface area contributed by atoms with Crippen molar-refractivity contribution in [2.45, 2.75) is 51.1 Å². The predicted molar refractivity (Wildman–Crippen MR) is 82.6 cm³/mol. The van der Waals surface area contributed by atoms with E-state index in [1.54, 1.807) is 0 Å². The average Bonchev–Trinajstić information content (AvgIpc) is 2.46. The van der Waals surface area contributed by atoms with E-state index >= 15 is 0 Å². The van der Waals surface area contributed by atoms with Gasteiger partial charge < -0.3 is 10.2 Å². The molecule has 0 aromatic heterocycles. The molecule has 0 bridgehead atoms. The van der Waals surface area contributed by atoms with E-state index < -0.39 is 0 Å². The number of nitrogens with one attached hydrogen (secondary N) is 1. The molecule has 0 aliphatic heterocycles. The summed E-state index contributed by atoms with van der Waals surface area (Å²) in [5, 5.41) is 3.41. The Labute approximate surface area is 118 Å². The maximum Gasteiger partial charge on any atom is 0.00934 e. The first-order chi connectivity index (χ1) is 9.20. The smallest absolute Gasteiger partial charge is 0.00934 e. The van der Waals surface area contributed by atoms with E-state index in [1.807, 2.05) is 0 Å². The van der Waals surface area contributed by atoms with Crippen molar-refractivity contribution in [2.24, 2.45) is 0 Å². The maximum atomic E-state index is 3.41. The molecule has 2 rings (SSSR count). The van der Waals surface area contributed by atoms with Crippen molar-refractivity contribution < 1.29 is 0 Å². The first-order valence-corrected chi connectivity index (χ1v) is 7.62. The van der Waals surface area contributed by atoms with Crippen molar-refractivity contribution in [1.29, 1.82) is 0 Å². The highest BCUT2D eigenvalue weighted by molar-refractivity contribution is 5.25. The average molecular weight is 260 g/mol. The summed E-state index contributed by atoms with van der Waals surface area (Å²) in [6.07, 6.45) is 6.52. The van der Waals surface area contributed by atoms with Crippen molar-refractivity contribution in [3.63, 3.8) is 0 Å². The van der Waals surface area contributed by atoms with Crippen LogP contribution in [0.4, 0.5) is 0 Å². The number of hydrogen-bond donors (Lipinski definition) is 1. The molecule has 0 atom stereocenters. The minimum Gasteiger partial charge on any atom is -0.317 e. The summed E-state index contributed by atoms with van der Waals surface area (Å²) in [7, 11) is 4.38. The van der Waals surface area contributed by atoms with Gasteiger partial charge in [-0.25, -0.2) is 0 Å². The molecule has 1 fully saturated rings. The topological polar surface area (TPSA) is 15.3 Å². The number of hydrogen-bond acceptors (Lipinski definition) is 2. The molecule has 1 N–H and O–H groups in total. The lowest BCUT2D eigenvalue weighted by Crippen LogP contribution is -2.40. The number of nitrogens with zero attached hydrogens (tertiary/aromatic N) is 1. The molecule has 0 radical (unpaired) electrons. The molecule has 2 heteroatoms. The van der Waals surface area contributed by atoms with Gasteiger partial charge in [-0.05, 0) is 64.3 Å². The van der Waals surface area contributed by atoms with Crippen LogP contribution in [-0.2, 0) is 6.42 Å². The molecule has 0 saturated heterocycles. The fourth-order valence-electron chi connectivity index (χ4n) is 3.18. The van der Waals surface area contributed by atoms with Gasteiger partial charge in [-0.3, -0.25) is 0 Å². The Morgan fingerprint density at radius 1 is 1.16 bits per heavy atom. The van der Waals surface area contributed by atoms with Crippen molar-refractivity contribution >= 4 is 0 Å². The third-order valence-corrected chi connectivity index (χ3v) is 4.72. The zero-order valence-corrected chi connectivity index (χ0v) is 12.7. The molecule has 19 heavy (non-hydrogen) atoms. The molecule has 1 aliphatic rings. The zero-order valence-electron chi connectivity index (χ0n) is 12.7. The molecule has 1 saturated carbocycles. The highest BCUT2D eigenvalue weighted by Crippen LogP contribution is 2.22. The van der Waals surface area contributed by atoms with Crippen LogP contribution in [0.5, 0.6) is 0 Å². The van der Waals surface area contributed by atoms with E-state index in [9.17, 15) is 0 Å². The third kappa shape index (κ3) is 4.05. The Morgan fingerprint density at radius 2 is 1.84 bits per heavy atom. The second kappa shape index (κ2) is 7.06. The lowest BCUT2D eigenvalue weighted by molar-refractivity contribution is 0.178. The Balaban J connectivity index is 1.79. The Hall–Kier alpha value is -0.860. The molecule has 2 nitrogen and oxygen atoms in total. The van der Waals surface area contributed by atoms with Gasteiger partial charge in [0.05, 0.1) is 0 Å². The second-order valence-corrected chi connectivity index (χ2v) is 5.95. The van der Waals surface area contributed by atoms with Crippen molar-refractivity contribution in [2.75, 3.05) is 20.6 Å². The van der Waals surface area contributed by atoms with Gasteiger partial charge in [0.15, 0.2) is 0 Å². The monoisotopic (exact) mass is 260 g/mol. The van der Waals surface area contributed by atoms with E-state index in [4.69, 9.17) is 0 Å². The summed E-state index contributed by atoms with van der Waals surface area (Å²) in [5.74, 6) is 0. The number of aryl methyl sites for hydroxylation is 1. The van der Waals surface area contributed by atoms with Crippen LogP contribution in [0.2, 0.25) is 0 Å². The van der Waals surface area contributed by atoms with Crippen LogP contribution in [0.3, 0.4) is 0 Å². The minimum absolute atomic E-state index is 0.751. The van der Waals surface area contributed by atoms with E-state index in [1.165, 1.54) is 49.8 Å². The summed E-state index contributed by atoms with van der Waals surface area (Å²) < 4.78 is 0. The van der Waals surface area contributed by atoms with Crippen LogP contribution in [0.1, 0.15) is 36.8 Å². The van der Waals surface area contributed by atoms with Gasteiger partial charge in [0.2, 0.25) is 0 Å². The molecule has 0 spiro atoms. The van der Waals surface area contributed by atoms with Gasteiger partial charge in [0, 0.05) is 18.6 Å². The predicted octanol–water partition coefficient (Wildman–Crippen LogP) is 3.00. The number of rotatable bonds is 5.